The van der Waals surface area contributed by atoms with Crippen molar-refractivity contribution in [2.24, 2.45) is 0 Å². The number of hydrogen-bond acceptors (Lipinski definition) is 2. The van der Waals surface area contributed by atoms with E-state index in [0.717, 1.165) is 6.42 Å². The van der Waals surface area contributed by atoms with E-state index in [-0.39, 0.29) is 0 Å². The first-order valence-electron chi connectivity index (χ1n) is 17.5. The minimum atomic E-state index is 0.908. The molecule has 8 aromatic carbocycles. The van der Waals surface area contributed by atoms with Gasteiger partial charge in [-0.1, -0.05) is 152 Å². The van der Waals surface area contributed by atoms with E-state index in [0.29, 0.717) is 0 Å². The fraction of sp³-hybridized carbons (Fsp3) is 0.0204. The molecule has 10 rings (SSSR count). The molecule has 10 aromatic rings. The second-order valence-corrected chi connectivity index (χ2v) is 15.4. The van der Waals surface area contributed by atoms with E-state index in [1.165, 1.54) is 96.0 Å². The predicted molar refractivity (Wildman–Crippen MR) is 223 cm³/mol. The van der Waals surface area contributed by atoms with Crippen LogP contribution in [0.3, 0.4) is 0 Å². The summed E-state index contributed by atoms with van der Waals surface area (Å²) in [6.07, 6.45) is 0.908. The van der Waals surface area contributed by atoms with Crippen molar-refractivity contribution in [2.45, 2.75) is 6.42 Å². The lowest BCUT2D eigenvalue weighted by Crippen LogP contribution is -1.89. The van der Waals surface area contributed by atoms with Crippen LogP contribution in [0.25, 0.3) is 84.9 Å². The van der Waals surface area contributed by atoms with Gasteiger partial charge in [0.05, 0.1) is 0 Å². The minimum absolute atomic E-state index is 0.908. The molecule has 0 aliphatic carbocycles. The highest BCUT2D eigenvalue weighted by molar-refractivity contribution is 7.27. The van der Waals surface area contributed by atoms with Gasteiger partial charge in [0, 0.05) is 45.9 Å². The molecular formula is C49H32S2. The zero-order valence-electron chi connectivity index (χ0n) is 27.8. The molecule has 0 saturated heterocycles. The Morgan fingerprint density at radius 1 is 0.294 bits per heavy atom. The first-order valence-corrected chi connectivity index (χ1v) is 19.1. The van der Waals surface area contributed by atoms with E-state index in [2.05, 4.69) is 182 Å². The van der Waals surface area contributed by atoms with Gasteiger partial charge in [-0.25, -0.2) is 0 Å². The Labute approximate surface area is 305 Å². The molecule has 2 aromatic heterocycles. The monoisotopic (exact) mass is 684 g/mol. The summed E-state index contributed by atoms with van der Waals surface area (Å²) in [7, 11) is 0. The maximum Gasteiger partial charge on any atom is 0.0434 e. The Morgan fingerprint density at radius 3 is 1.59 bits per heavy atom. The van der Waals surface area contributed by atoms with Crippen molar-refractivity contribution in [3.8, 4) is 44.5 Å². The van der Waals surface area contributed by atoms with Gasteiger partial charge < -0.3 is 0 Å². The molecule has 0 fully saturated rings. The first kappa shape index (κ1) is 30.1. The predicted octanol–water partition coefficient (Wildman–Crippen LogP) is 14.7. The lowest BCUT2D eigenvalue weighted by atomic mass is 9.93. The first-order chi connectivity index (χ1) is 25.2. The molecule has 240 valence electrons. The molecule has 51 heavy (non-hydrogen) atoms. The lowest BCUT2D eigenvalue weighted by molar-refractivity contribution is 1.19. The Kier molecular flexibility index (Phi) is 7.37. The zero-order chi connectivity index (χ0) is 33.7. The average Bonchev–Trinajstić information content (AvgIpc) is 3.77. The molecule has 0 spiro atoms. The van der Waals surface area contributed by atoms with Gasteiger partial charge in [-0.15, -0.1) is 22.7 Å². The van der Waals surface area contributed by atoms with Crippen molar-refractivity contribution in [1.29, 1.82) is 0 Å². The molecule has 0 bridgehead atoms. The Hall–Kier alpha value is -5.80. The van der Waals surface area contributed by atoms with Crippen molar-refractivity contribution in [3.05, 3.63) is 193 Å². The molecule has 0 unspecified atom stereocenters. The Balaban J connectivity index is 1.08. The molecule has 0 aliphatic rings. The maximum atomic E-state index is 2.42. The van der Waals surface area contributed by atoms with Crippen LogP contribution >= 0.6 is 22.7 Å². The largest absolute Gasteiger partial charge is 0.135 e. The summed E-state index contributed by atoms with van der Waals surface area (Å²) in [5, 5.41) is 5.30. The van der Waals surface area contributed by atoms with Gasteiger partial charge >= 0.3 is 0 Å². The summed E-state index contributed by atoms with van der Waals surface area (Å²) in [6, 6.07) is 67.1. The fourth-order valence-corrected chi connectivity index (χ4v) is 9.96. The number of hydrogen-bond donors (Lipinski definition) is 0. The van der Waals surface area contributed by atoms with E-state index in [4.69, 9.17) is 0 Å². The van der Waals surface area contributed by atoms with Gasteiger partial charge in [-0.05, 0) is 86.8 Å². The molecule has 0 radical (unpaired) electrons. The lowest BCUT2D eigenvalue weighted by Gasteiger charge is -2.11. The van der Waals surface area contributed by atoms with E-state index >= 15 is 0 Å². The van der Waals surface area contributed by atoms with Crippen molar-refractivity contribution < 1.29 is 0 Å². The SMILES string of the molecule is c1ccc(-c2ccc(Cc3ccc(-c4cc(-c5ccc6sc7ccccc7c6c5)c5sc6c(-c7ccccc7)cccc6c5c4)cc3)cc2)cc1. The molecule has 2 heterocycles. The van der Waals surface area contributed by atoms with Crippen LogP contribution < -0.4 is 0 Å². The average molecular weight is 685 g/mol. The maximum absolute atomic E-state index is 2.42. The topological polar surface area (TPSA) is 0 Å². The van der Waals surface area contributed by atoms with Gasteiger partial charge in [0.2, 0.25) is 0 Å². The van der Waals surface area contributed by atoms with Crippen LogP contribution in [0, 0.1) is 0 Å². The van der Waals surface area contributed by atoms with Gasteiger partial charge in [0.25, 0.3) is 0 Å². The third kappa shape index (κ3) is 5.45. The van der Waals surface area contributed by atoms with E-state index < -0.39 is 0 Å². The third-order valence-electron chi connectivity index (χ3n) is 10.1. The summed E-state index contributed by atoms with van der Waals surface area (Å²) in [4.78, 5) is 0. The van der Waals surface area contributed by atoms with E-state index in [1.54, 1.807) is 0 Å². The second kappa shape index (κ2) is 12.5. The quantitative estimate of drug-likeness (QED) is 0.164. The molecule has 0 saturated carbocycles. The van der Waals surface area contributed by atoms with Crippen LogP contribution in [0.1, 0.15) is 11.1 Å². The highest BCUT2D eigenvalue weighted by Crippen LogP contribution is 2.47. The van der Waals surface area contributed by atoms with Crippen molar-refractivity contribution in [3.63, 3.8) is 0 Å². The van der Waals surface area contributed by atoms with Crippen LogP contribution in [0.5, 0.6) is 0 Å². The smallest absolute Gasteiger partial charge is 0.0434 e. The molecule has 0 amide bonds. The van der Waals surface area contributed by atoms with Crippen LogP contribution in [-0.2, 0) is 6.42 Å². The highest BCUT2D eigenvalue weighted by atomic mass is 32.1. The summed E-state index contributed by atoms with van der Waals surface area (Å²) in [5.74, 6) is 0. The van der Waals surface area contributed by atoms with Gasteiger partial charge in [0.15, 0.2) is 0 Å². The number of rotatable bonds is 6. The summed E-state index contributed by atoms with van der Waals surface area (Å²) in [5.41, 5.74) is 12.7. The fourth-order valence-electron chi connectivity index (χ4n) is 7.52. The number of fused-ring (bicyclic) bond motifs is 6. The van der Waals surface area contributed by atoms with Crippen LogP contribution in [0.15, 0.2) is 182 Å². The van der Waals surface area contributed by atoms with Crippen molar-refractivity contribution in [2.75, 3.05) is 0 Å². The van der Waals surface area contributed by atoms with Gasteiger partial charge in [-0.3, -0.25) is 0 Å². The van der Waals surface area contributed by atoms with Crippen molar-refractivity contribution in [1.82, 2.24) is 0 Å². The standard InChI is InChI=1S/C49H32S2/c1-3-10-34(11-4-1)35-22-18-32(19-23-35)28-33-20-24-36(25-21-33)39-30-43(38-26-27-47-44(29-38)41-14-7-8-17-46(41)50-47)49-45(31-39)42-16-9-15-40(48(42)51-49)37-12-5-2-6-13-37/h1-27,29-31H,28H2. The second-order valence-electron chi connectivity index (χ2n) is 13.3. The molecule has 0 aliphatic heterocycles. The molecule has 0 nitrogen and oxygen atoms in total. The van der Waals surface area contributed by atoms with Gasteiger partial charge in [-0.2, -0.15) is 0 Å². The minimum Gasteiger partial charge on any atom is -0.135 e. The third-order valence-corrected chi connectivity index (χ3v) is 12.6. The van der Waals surface area contributed by atoms with E-state index in [9.17, 15) is 0 Å². The zero-order valence-corrected chi connectivity index (χ0v) is 29.5. The summed E-state index contributed by atoms with van der Waals surface area (Å²) < 4.78 is 5.35. The van der Waals surface area contributed by atoms with Crippen LogP contribution in [0.2, 0.25) is 0 Å². The molecule has 0 N–H and O–H groups in total. The number of thiophene rings is 2. The molecule has 0 atom stereocenters. The normalized spacial score (nSPS) is 11.6. The summed E-state index contributed by atoms with van der Waals surface area (Å²) in [6.45, 7) is 0. The van der Waals surface area contributed by atoms with Gasteiger partial charge in [0.1, 0.15) is 0 Å². The Bertz CT molecular complexity index is 2840. The van der Waals surface area contributed by atoms with Crippen LogP contribution in [-0.4, -0.2) is 0 Å². The van der Waals surface area contributed by atoms with Crippen LogP contribution in [0.4, 0.5) is 0 Å². The highest BCUT2D eigenvalue weighted by Gasteiger charge is 2.17. The van der Waals surface area contributed by atoms with Crippen molar-refractivity contribution >= 4 is 63.0 Å². The van der Waals surface area contributed by atoms with E-state index in [1.807, 2.05) is 22.7 Å². The number of benzene rings is 8. The molecule has 2 heteroatoms. The molecular weight excluding hydrogens is 653 g/mol. The summed E-state index contributed by atoms with van der Waals surface area (Å²) >= 11 is 3.80. The Morgan fingerprint density at radius 2 is 0.843 bits per heavy atom.